The summed E-state index contributed by atoms with van der Waals surface area (Å²) < 4.78 is 75.7. The molecule has 0 fully saturated rings. The summed E-state index contributed by atoms with van der Waals surface area (Å²) in [5.74, 6) is 0. The predicted molar refractivity (Wildman–Crippen MR) is 47.2 cm³/mol. The number of halogens is 6. The second kappa shape index (κ2) is 4.56. The highest BCUT2D eigenvalue weighted by molar-refractivity contribution is 5.34. The molecule has 0 radical (unpaired) electrons. The number of benzene rings is 1. The van der Waals surface area contributed by atoms with Gasteiger partial charge in [-0.25, -0.2) is 13.2 Å². The molecule has 0 saturated heterocycles. The first-order valence-corrected chi connectivity index (χ1v) is 4.48. The Kier molecular flexibility index (Phi) is 3.71. The summed E-state index contributed by atoms with van der Waals surface area (Å²) in [5, 5.41) is 8.75. The highest BCUT2D eigenvalue weighted by atomic mass is 19.4. The van der Waals surface area contributed by atoms with E-state index in [1.165, 1.54) is 6.07 Å². The summed E-state index contributed by atoms with van der Waals surface area (Å²) in [5.41, 5.74) is -6.55. The van der Waals surface area contributed by atoms with E-state index in [1.54, 1.807) is 0 Å². The lowest BCUT2D eigenvalue weighted by Crippen LogP contribution is -2.45. The first kappa shape index (κ1) is 13.8. The summed E-state index contributed by atoms with van der Waals surface area (Å²) in [6.07, 6.45) is -10.0. The number of hydrogen-bond donors (Lipinski definition) is 1. The van der Waals surface area contributed by atoms with Gasteiger partial charge in [0.1, 0.15) is 0 Å². The van der Waals surface area contributed by atoms with Gasteiger partial charge in [-0.3, -0.25) is 0 Å². The Morgan fingerprint density at radius 2 is 1.59 bits per heavy atom. The standard InChI is InChI=1S/C10H8F6O/c11-8(12)9(13,10(14,15)16)7-4-2-1-3-6(7)5-17/h1-4,8,17H,5H2. The third-order valence-electron chi connectivity index (χ3n) is 2.29. The van der Waals surface area contributed by atoms with E-state index in [0.29, 0.717) is 6.07 Å². The van der Waals surface area contributed by atoms with Gasteiger partial charge in [0.2, 0.25) is 0 Å². The molecular formula is C10H8F6O. The van der Waals surface area contributed by atoms with Gasteiger partial charge in [-0.2, -0.15) is 13.2 Å². The molecule has 0 saturated carbocycles. The largest absolute Gasteiger partial charge is 0.432 e. The van der Waals surface area contributed by atoms with Crippen LogP contribution in [0.15, 0.2) is 24.3 Å². The van der Waals surface area contributed by atoms with Gasteiger partial charge in [0.15, 0.2) is 0 Å². The van der Waals surface area contributed by atoms with Gasteiger partial charge in [-0.1, -0.05) is 24.3 Å². The molecule has 1 rings (SSSR count). The lowest BCUT2D eigenvalue weighted by atomic mass is 9.91. The van der Waals surface area contributed by atoms with Crippen LogP contribution in [0, 0.1) is 0 Å². The molecule has 96 valence electrons. The minimum absolute atomic E-state index is 0.521. The Labute approximate surface area is 92.7 Å². The Morgan fingerprint density at radius 3 is 2.00 bits per heavy atom. The maximum absolute atomic E-state index is 13.6. The zero-order valence-electron chi connectivity index (χ0n) is 8.31. The van der Waals surface area contributed by atoms with E-state index < -0.39 is 36.0 Å². The van der Waals surface area contributed by atoms with Crippen molar-refractivity contribution in [2.75, 3.05) is 0 Å². The molecule has 1 aromatic carbocycles. The van der Waals surface area contributed by atoms with Gasteiger partial charge in [-0.05, 0) is 5.56 Å². The number of aliphatic hydroxyl groups excluding tert-OH is 1. The summed E-state index contributed by atoms with van der Waals surface area (Å²) in [4.78, 5) is 0. The van der Waals surface area contributed by atoms with Crippen LogP contribution in [-0.4, -0.2) is 17.7 Å². The van der Waals surface area contributed by atoms with Crippen molar-refractivity contribution in [2.45, 2.75) is 24.9 Å². The van der Waals surface area contributed by atoms with Gasteiger partial charge >= 0.3 is 6.18 Å². The van der Waals surface area contributed by atoms with E-state index in [-0.39, 0.29) is 0 Å². The van der Waals surface area contributed by atoms with E-state index in [1.807, 2.05) is 0 Å². The van der Waals surface area contributed by atoms with Crippen LogP contribution in [0.2, 0.25) is 0 Å². The number of alkyl halides is 6. The summed E-state index contributed by atoms with van der Waals surface area (Å²) in [6, 6.07) is 3.76. The molecule has 0 amide bonds. The normalized spacial score (nSPS) is 16.0. The van der Waals surface area contributed by atoms with Gasteiger partial charge in [0.25, 0.3) is 12.1 Å². The Bertz CT molecular complexity index is 389. The van der Waals surface area contributed by atoms with E-state index >= 15 is 0 Å². The Balaban J connectivity index is 3.43. The van der Waals surface area contributed by atoms with Crippen molar-refractivity contribution >= 4 is 0 Å². The molecule has 1 nitrogen and oxygen atoms in total. The molecular weight excluding hydrogens is 250 g/mol. The van der Waals surface area contributed by atoms with Crippen LogP contribution in [0.4, 0.5) is 26.3 Å². The first-order valence-electron chi connectivity index (χ1n) is 4.48. The molecule has 0 aliphatic rings. The topological polar surface area (TPSA) is 20.2 Å². The van der Waals surface area contributed by atoms with Gasteiger partial charge in [0, 0.05) is 5.56 Å². The second-order valence-corrected chi connectivity index (χ2v) is 3.33. The Morgan fingerprint density at radius 1 is 1.06 bits per heavy atom. The molecule has 0 aliphatic carbocycles. The molecule has 0 aromatic heterocycles. The number of rotatable bonds is 3. The van der Waals surface area contributed by atoms with Crippen molar-refractivity contribution in [3.05, 3.63) is 35.4 Å². The average molecular weight is 258 g/mol. The van der Waals surface area contributed by atoms with Crippen molar-refractivity contribution in [1.29, 1.82) is 0 Å². The van der Waals surface area contributed by atoms with Crippen LogP contribution < -0.4 is 0 Å². The summed E-state index contributed by atoms with van der Waals surface area (Å²) >= 11 is 0. The third kappa shape index (κ3) is 2.24. The van der Waals surface area contributed by atoms with Gasteiger partial charge in [-0.15, -0.1) is 0 Å². The van der Waals surface area contributed by atoms with Crippen molar-refractivity contribution in [3.8, 4) is 0 Å². The zero-order chi connectivity index (χ0) is 13.3. The molecule has 0 heterocycles. The van der Waals surface area contributed by atoms with Crippen molar-refractivity contribution in [1.82, 2.24) is 0 Å². The van der Waals surface area contributed by atoms with Gasteiger partial charge < -0.3 is 5.11 Å². The second-order valence-electron chi connectivity index (χ2n) is 3.33. The average Bonchev–Trinajstić information content (AvgIpc) is 2.26. The lowest BCUT2D eigenvalue weighted by molar-refractivity contribution is -0.274. The molecule has 1 atom stereocenters. The molecule has 7 heteroatoms. The zero-order valence-corrected chi connectivity index (χ0v) is 8.31. The molecule has 1 unspecified atom stereocenters. The highest BCUT2D eigenvalue weighted by Gasteiger charge is 2.64. The minimum atomic E-state index is -5.76. The third-order valence-corrected chi connectivity index (χ3v) is 2.29. The maximum Gasteiger partial charge on any atom is 0.432 e. The molecule has 1 aromatic rings. The molecule has 17 heavy (non-hydrogen) atoms. The van der Waals surface area contributed by atoms with E-state index in [4.69, 9.17) is 5.11 Å². The fraction of sp³-hybridized carbons (Fsp3) is 0.400. The van der Waals surface area contributed by atoms with Crippen molar-refractivity contribution in [3.63, 3.8) is 0 Å². The number of hydrogen-bond acceptors (Lipinski definition) is 1. The quantitative estimate of drug-likeness (QED) is 0.825. The highest BCUT2D eigenvalue weighted by Crippen LogP contribution is 2.47. The monoisotopic (exact) mass is 258 g/mol. The van der Waals surface area contributed by atoms with Crippen LogP contribution in [-0.2, 0) is 12.3 Å². The summed E-state index contributed by atoms with van der Waals surface area (Å²) in [7, 11) is 0. The fourth-order valence-electron chi connectivity index (χ4n) is 1.41. The predicted octanol–water partition coefficient (Wildman–Crippen LogP) is 3.17. The smallest absolute Gasteiger partial charge is 0.392 e. The van der Waals surface area contributed by atoms with E-state index in [2.05, 4.69) is 0 Å². The molecule has 0 aliphatic heterocycles. The number of aliphatic hydroxyl groups is 1. The molecule has 1 N–H and O–H groups in total. The minimum Gasteiger partial charge on any atom is -0.392 e. The fourth-order valence-corrected chi connectivity index (χ4v) is 1.41. The molecule has 0 spiro atoms. The van der Waals surface area contributed by atoms with Crippen molar-refractivity contribution in [2.24, 2.45) is 0 Å². The van der Waals surface area contributed by atoms with Gasteiger partial charge in [0.05, 0.1) is 6.61 Å². The van der Waals surface area contributed by atoms with E-state index in [9.17, 15) is 26.3 Å². The van der Waals surface area contributed by atoms with E-state index in [0.717, 1.165) is 12.1 Å². The Hall–Kier alpha value is -1.24. The first-order chi connectivity index (χ1) is 7.75. The SMILES string of the molecule is OCc1ccccc1C(F)(C(F)F)C(F)(F)F. The van der Waals surface area contributed by atoms with Crippen molar-refractivity contribution < 1.29 is 31.4 Å². The van der Waals surface area contributed by atoms with Crippen LogP contribution in [0.5, 0.6) is 0 Å². The van der Waals surface area contributed by atoms with Crippen LogP contribution in [0.25, 0.3) is 0 Å². The maximum atomic E-state index is 13.6. The molecule has 0 bridgehead atoms. The summed E-state index contributed by atoms with van der Waals surface area (Å²) in [6.45, 7) is -0.954. The van der Waals surface area contributed by atoms with Crippen LogP contribution in [0.3, 0.4) is 0 Å². The van der Waals surface area contributed by atoms with Crippen LogP contribution in [0.1, 0.15) is 11.1 Å². The van der Waals surface area contributed by atoms with Crippen LogP contribution >= 0.6 is 0 Å². The lowest BCUT2D eigenvalue weighted by Gasteiger charge is -2.28.